The van der Waals surface area contributed by atoms with Gasteiger partial charge in [0, 0.05) is 6.04 Å². The lowest BCUT2D eigenvalue weighted by atomic mass is 9.86. The van der Waals surface area contributed by atoms with Crippen molar-refractivity contribution in [2.24, 2.45) is 0 Å². The van der Waals surface area contributed by atoms with Crippen molar-refractivity contribution >= 4 is 5.97 Å². The van der Waals surface area contributed by atoms with Crippen LogP contribution < -0.4 is 24.3 Å². The third-order valence-corrected chi connectivity index (χ3v) is 5.22. The lowest BCUT2D eigenvalue weighted by Gasteiger charge is -2.33. The first kappa shape index (κ1) is 20.8. The quantitative estimate of drug-likeness (QED) is 0.715. The minimum Gasteiger partial charge on any atom is -0.493 e. The van der Waals surface area contributed by atoms with E-state index in [2.05, 4.69) is 5.32 Å². The first-order valence-electron chi connectivity index (χ1n) is 9.34. The molecule has 0 aliphatic carbocycles. The van der Waals surface area contributed by atoms with Crippen molar-refractivity contribution in [3.8, 4) is 23.0 Å². The van der Waals surface area contributed by atoms with Crippen molar-refractivity contribution < 1.29 is 28.5 Å². The average Bonchev–Trinajstić information content (AvgIpc) is 2.77. The van der Waals surface area contributed by atoms with Gasteiger partial charge in [-0.2, -0.15) is 0 Å². The van der Waals surface area contributed by atoms with Crippen LogP contribution in [0.1, 0.15) is 22.7 Å². The fraction of sp³-hybridized carbons (Fsp3) is 0.409. The first-order valence-corrected chi connectivity index (χ1v) is 9.34. The Hall–Kier alpha value is -2.93. The number of ether oxygens (including phenoxy) is 5. The largest absolute Gasteiger partial charge is 0.493 e. The summed E-state index contributed by atoms with van der Waals surface area (Å²) in [4.78, 5) is 12.3. The molecule has 2 aromatic carbocycles. The van der Waals surface area contributed by atoms with E-state index in [1.165, 1.54) is 7.11 Å². The Bertz CT molecular complexity index is 882. The zero-order valence-electron chi connectivity index (χ0n) is 17.4. The molecule has 29 heavy (non-hydrogen) atoms. The maximum Gasteiger partial charge on any atom is 0.323 e. The van der Waals surface area contributed by atoms with E-state index in [9.17, 15) is 4.79 Å². The monoisotopic (exact) mass is 401 g/mol. The van der Waals surface area contributed by atoms with Gasteiger partial charge < -0.3 is 23.7 Å². The minimum atomic E-state index is -0.434. The zero-order chi connectivity index (χ0) is 21.0. The molecule has 0 fully saturated rings. The van der Waals surface area contributed by atoms with Crippen LogP contribution in [0, 0.1) is 0 Å². The van der Waals surface area contributed by atoms with Gasteiger partial charge >= 0.3 is 5.97 Å². The number of fused-ring (bicyclic) bond motifs is 1. The van der Waals surface area contributed by atoms with Gasteiger partial charge in [-0.3, -0.25) is 10.1 Å². The molecule has 0 aromatic heterocycles. The van der Waals surface area contributed by atoms with Crippen molar-refractivity contribution in [1.29, 1.82) is 0 Å². The Labute approximate surface area is 170 Å². The van der Waals surface area contributed by atoms with Crippen LogP contribution in [-0.4, -0.2) is 47.6 Å². The van der Waals surface area contributed by atoms with E-state index in [0.29, 0.717) is 35.8 Å². The van der Waals surface area contributed by atoms with Gasteiger partial charge in [-0.25, -0.2) is 0 Å². The molecular formula is C22H27NO6. The number of methoxy groups -OCH3 is 5. The number of esters is 1. The van der Waals surface area contributed by atoms with Gasteiger partial charge in [0.1, 0.15) is 6.04 Å². The van der Waals surface area contributed by atoms with Gasteiger partial charge in [-0.1, -0.05) is 6.07 Å². The SMILES string of the molecule is COC(=O)[C@@H]1Cc2cc(OC)c(OC)cc2[C@H](Cc2ccc(OC)c(OC)c2)N1. The summed E-state index contributed by atoms with van der Waals surface area (Å²) in [5.74, 6) is 2.34. The Morgan fingerprint density at radius 3 is 2.14 bits per heavy atom. The molecule has 1 aliphatic rings. The second-order valence-electron chi connectivity index (χ2n) is 6.80. The minimum absolute atomic E-state index is 0.110. The molecule has 0 bridgehead atoms. The van der Waals surface area contributed by atoms with Crippen molar-refractivity contribution in [3.63, 3.8) is 0 Å². The molecule has 1 N–H and O–H groups in total. The third-order valence-electron chi connectivity index (χ3n) is 5.22. The molecule has 1 heterocycles. The molecule has 7 nitrogen and oxygen atoms in total. The maximum atomic E-state index is 12.3. The summed E-state index contributed by atoms with van der Waals surface area (Å²) in [5.41, 5.74) is 3.14. The summed E-state index contributed by atoms with van der Waals surface area (Å²) in [6.45, 7) is 0. The van der Waals surface area contributed by atoms with E-state index < -0.39 is 6.04 Å². The molecule has 0 saturated heterocycles. The summed E-state index contributed by atoms with van der Waals surface area (Å²) in [6.07, 6.45) is 1.17. The van der Waals surface area contributed by atoms with Crippen LogP contribution in [0.4, 0.5) is 0 Å². The van der Waals surface area contributed by atoms with E-state index in [-0.39, 0.29) is 12.0 Å². The summed E-state index contributed by atoms with van der Waals surface area (Å²) < 4.78 is 26.6. The molecule has 156 valence electrons. The molecular weight excluding hydrogens is 374 g/mol. The van der Waals surface area contributed by atoms with Crippen LogP contribution >= 0.6 is 0 Å². The highest BCUT2D eigenvalue weighted by Crippen LogP contribution is 2.38. The second-order valence-corrected chi connectivity index (χ2v) is 6.80. The molecule has 7 heteroatoms. The van der Waals surface area contributed by atoms with E-state index in [1.54, 1.807) is 28.4 Å². The van der Waals surface area contributed by atoms with Gasteiger partial charge in [0.05, 0.1) is 35.5 Å². The molecule has 0 spiro atoms. The smallest absolute Gasteiger partial charge is 0.323 e. The van der Waals surface area contributed by atoms with Gasteiger partial charge in [-0.05, 0) is 53.8 Å². The number of carbonyl (C=O) groups excluding carboxylic acids is 1. The standard InChI is InChI=1S/C22H27NO6/c1-25-18-7-6-13(9-19(18)26-2)8-16-15-12-21(28-4)20(27-3)11-14(15)10-17(23-16)22(24)29-5/h6-7,9,11-12,16-17,23H,8,10H2,1-5H3/t16-,17-/m0/s1. The van der Waals surface area contributed by atoms with E-state index in [4.69, 9.17) is 23.7 Å². The van der Waals surface area contributed by atoms with E-state index in [0.717, 1.165) is 16.7 Å². The summed E-state index contributed by atoms with van der Waals surface area (Å²) >= 11 is 0. The van der Waals surface area contributed by atoms with E-state index >= 15 is 0 Å². The van der Waals surface area contributed by atoms with E-state index in [1.807, 2.05) is 30.3 Å². The number of rotatable bonds is 7. The number of nitrogens with one attached hydrogen (secondary N) is 1. The first-order chi connectivity index (χ1) is 14.0. The fourth-order valence-electron chi connectivity index (χ4n) is 3.76. The van der Waals surface area contributed by atoms with Gasteiger partial charge in [0.15, 0.2) is 23.0 Å². The molecule has 3 rings (SSSR count). The van der Waals surface area contributed by atoms with Crippen LogP contribution in [0.2, 0.25) is 0 Å². The van der Waals surface area contributed by atoms with Crippen molar-refractivity contribution in [1.82, 2.24) is 5.32 Å². The second kappa shape index (κ2) is 9.05. The Balaban J connectivity index is 1.99. The Morgan fingerprint density at radius 1 is 0.897 bits per heavy atom. The van der Waals surface area contributed by atoms with Crippen molar-refractivity contribution in [3.05, 3.63) is 47.0 Å². The third kappa shape index (κ3) is 4.24. The molecule has 0 saturated carbocycles. The highest BCUT2D eigenvalue weighted by atomic mass is 16.5. The Kier molecular flexibility index (Phi) is 6.49. The normalized spacial score (nSPS) is 17.8. The van der Waals surface area contributed by atoms with Crippen LogP contribution in [0.3, 0.4) is 0 Å². The average molecular weight is 401 g/mol. The lowest BCUT2D eigenvalue weighted by molar-refractivity contribution is -0.143. The number of hydrogen-bond donors (Lipinski definition) is 1. The topological polar surface area (TPSA) is 75.3 Å². The molecule has 2 atom stereocenters. The summed E-state index contributed by atoms with van der Waals surface area (Å²) in [7, 11) is 7.83. The highest BCUT2D eigenvalue weighted by Gasteiger charge is 2.32. The summed E-state index contributed by atoms with van der Waals surface area (Å²) in [5, 5.41) is 3.42. The summed E-state index contributed by atoms with van der Waals surface area (Å²) in [6, 6.07) is 9.18. The predicted octanol–water partition coefficient (Wildman–Crippen LogP) is 2.69. The number of benzene rings is 2. The van der Waals surface area contributed by atoms with Gasteiger partial charge in [0.2, 0.25) is 0 Å². The highest BCUT2D eigenvalue weighted by molar-refractivity contribution is 5.77. The molecule has 0 unspecified atom stereocenters. The van der Waals surface area contributed by atoms with Crippen LogP contribution in [0.5, 0.6) is 23.0 Å². The molecule has 1 aliphatic heterocycles. The van der Waals surface area contributed by atoms with Gasteiger partial charge in [-0.15, -0.1) is 0 Å². The molecule has 0 radical (unpaired) electrons. The number of carbonyl (C=O) groups is 1. The van der Waals surface area contributed by atoms with Crippen LogP contribution in [0.15, 0.2) is 30.3 Å². The van der Waals surface area contributed by atoms with Crippen molar-refractivity contribution in [2.45, 2.75) is 24.9 Å². The molecule has 0 amide bonds. The zero-order valence-corrected chi connectivity index (χ0v) is 17.4. The van der Waals surface area contributed by atoms with Crippen LogP contribution in [-0.2, 0) is 22.4 Å². The Morgan fingerprint density at radius 2 is 1.52 bits per heavy atom. The fourth-order valence-corrected chi connectivity index (χ4v) is 3.76. The van der Waals surface area contributed by atoms with Crippen molar-refractivity contribution in [2.75, 3.05) is 35.5 Å². The number of hydrogen-bond acceptors (Lipinski definition) is 7. The lowest BCUT2D eigenvalue weighted by Crippen LogP contribution is -2.46. The maximum absolute atomic E-state index is 12.3. The van der Waals surface area contributed by atoms with Gasteiger partial charge in [0.25, 0.3) is 0 Å². The predicted molar refractivity (Wildman–Crippen MR) is 108 cm³/mol. The van der Waals surface area contributed by atoms with Crippen LogP contribution in [0.25, 0.3) is 0 Å². The molecule has 2 aromatic rings.